The summed E-state index contributed by atoms with van der Waals surface area (Å²) in [6.07, 6.45) is 0. The molecule has 5 nitrogen and oxygen atoms in total. The van der Waals surface area contributed by atoms with Crippen molar-refractivity contribution in [2.45, 2.75) is 27.3 Å². The molecule has 1 heterocycles. The van der Waals surface area contributed by atoms with Crippen LogP contribution in [0.2, 0.25) is 0 Å². The van der Waals surface area contributed by atoms with E-state index in [4.69, 9.17) is 0 Å². The minimum Gasteiger partial charge on any atom is -0.344 e. The summed E-state index contributed by atoms with van der Waals surface area (Å²) in [6.45, 7) is 6.08. The van der Waals surface area contributed by atoms with E-state index in [-0.39, 0.29) is 18.1 Å². The third kappa shape index (κ3) is 2.94. The molecule has 1 aromatic rings. The van der Waals surface area contributed by atoms with Crippen molar-refractivity contribution in [2.24, 2.45) is 0 Å². The van der Waals surface area contributed by atoms with Crippen LogP contribution in [0.3, 0.4) is 0 Å². The van der Waals surface area contributed by atoms with Crippen molar-refractivity contribution in [1.82, 2.24) is 14.5 Å². The molecule has 0 bridgehead atoms. The number of aromatic nitrogens is 2. The number of rotatable bonds is 3. The fourth-order valence-electron chi connectivity index (χ4n) is 1.40. The van der Waals surface area contributed by atoms with Gasteiger partial charge in [0.15, 0.2) is 0 Å². The van der Waals surface area contributed by atoms with Crippen molar-refractivity contribution < 1.29 is 4.79 Å². The van der Waals surface area contributed by atoms with Crippen molar-refractivity contribution >= 4 is 21.8 Å². The minimum absolute atomic E-state index is 0.0287. The molecule has 6 heteroatoms. The number of aryl methyl sites for hydroxylation is 1. The second-order valence-corrected chi connectivity index (χ2v) is 4.67. The SMILES string of the molecule is CCN(C)C(=O)Cn1c(C)c(Br)c(C)nc1=O. The van der Waals surface area contributed by atoms with E-state index in [1.54, 1.807) is 25.8 Å². The van der Waals surface area contributed by atoms with Gasteiger partial charge in [-0.1, -0.05) is 0 Å². The van der Waals surface area contributed by atoms with Crippen LogP contribution in [0, 0.1) is 13.8 Å². The Labute approximate surface area is 109 Å². The van der Waals surface area contributed by atoms with Crippen LogP contribution >= 0.6 is 15.9 Å². The van der Waals surface area contributed by atoms with E-state index in [0.717, 1.165) is 10.2 Å². The molecule has 0 saturated carbocycles. The van der Waals surface area contributed by atoms with E-state index in [9.17, 15) is 9.59 Å². The Kier molecular flexibility index (Phi) is 4.45. The first-order valence-electron chi connectivity index (χ1n) is 5.36. The van der Waals surface area contributed by atoms with Gasteiger partial charge in [-0.3, -0.25) is 9.36 Å². The highest BCUT2D eigenvalue weighted by Gasteiger charge is 2.14. The lowest BCUT2D eigenvalue weighted by Crippen LogP contribution is -2.36. The Morgan fingerprint density at radius 3 is 2.59 bits per heavy atom. The van der Waals surface area contributed by atoms with Crippen LogP contribution in [0.5, 0.6) is 0 Å². The molecule has 0 fully saturated rings. The average molecular weight is 302 g/mol. The van der Waals surface area contributed by atoms with Gasteiger partial charge in [0, 0.05) is 19.3 Å². The van der Waals surface area contributed by atoms with Gasteiger partial charge < -0.3 is 4.90 Å². The van der Waals surface area contributed by atoms with E-state index in [2.05, 4.69) is 20.9 Å². The highest BCUT2D eigenvalue weighted by Crippen LogP contribution is 2.16. The molecular formula is C11H16BrN3O2. The van der Waals surface area contributed by atoms with Crippen molar-refractivity contribution in [2.75, 3.05) is 13.6 Å². The molecule has 0 unspecified atom stereocenters. The predicted molar refractivity (Wildman–Crippen MR) is 69.0 cm³/mol. The quantitative estimate of drug-likeness (QED) is 0.840. The van der Waals surface area contributed by atoms with Crippen LogP contribution in [0.4, 0.5) is 0 Å². The first kappa shape index (κ1) is 13.9. The fourth-order valence-corrected chi connectivity index (χ4v) is 1.70. The second kappa shape index (κ2) is 5.44. The summed E-state index contributed by atoms with van der Waals surface area (Å²) in [6, 6.07) is 0. The summed E-state index contributed by atoms with van der Waals surface area (Å²) in [7, 11) is 1.71. The van der Waals surface area contributed by atoms with Gasteiger partial charge in [0.2, 0.25) is 5.91 Å². The Bertz CT molecular complexity index is 496. The van der Waals surface area contributed by atoms with Crippen LogP contribution in [-0.2, 0) is 11.3 Å². The summed E-state index contributed by atoms with van der Waals surface area (Å²) in [5.74, 6) is -0.102. The highest BCUT2D eigenvalue weighted by atomic mass is 79.9. The molecule has 0 aliphatic rings. The predicted octanol–water partition coefficient (Wildman–Crippen LogP) is 1.10. The average Bonchev–Trinajstić information content (AvgIpc) is 2.30. The maximum absolute atomic E-state index is 11.8. The van der Waals surface area contributed by atoms with Gasteiger partial charge in [-0.15, -0.1) is 0 Å². The highest BCUT2D eigenvalue weighted by molar-refractivity contribution is 9.10. The lowest BCUT2D eigenvalue weighted by atomic mass is 10.3. The molecule has 0 aromatic carbocycles. The maximum Gasteiger partial charge on any atom is 0.348 e. The minimum atomic E-state index is -0.388. The Balaban J connectivity index is 3.12. The van der Waals surface area contributed by atoms with E-state index < -0.39 is 0 Å². The molecular weight excluding hydrogens is 286 g/mol. The summed E-state index contributed by atoms with van der Waals surface area (Å²) in [5.41, 5.74) is 0.974. The van der Waals surface area contributed by atoms with E-state index in [1.807, 2.05) is 6.92 Å². The molecule has 0 aliphatic carbocycles. The molecule has 0 aliphatic heterocycles. The van der Waals surface area contributed by atoms with E-state index in [0.29, 0.717) is 12.2 Å². The van der Waals surface area contributed by atoms with Crippen LogP contribution < -0.4 is 5.69 Å². The molecule has 0 saturated heterocycles. The zero-order valence-electron chi connectivity index (χ0n) is 10.5. The number of carbonyl (C=O) groups is 1. The molecule has 1 aromatic heterocycles. The van der Waals surface area contributed by atoms with E-state index in [1.165, 1.54) is 4.57 Å². The number of likely N-dealkylation sites (N-methyl/N-ethyl adjacent to an activating group) is 1. The third-order valence-corrected chi connectivity index (χ3v) is 3.88. The molecule has 94 valence electrons. The maximum atomic E-state index is 11.8. The van der Waals surface area contributed by atoms with Gasteiger partial charge in [0.25, 0.3) is 0 Å². The third-order valence-electron chi connectivity index (χ3n) is 2.73. The molecule has 0 atom stereocenters. The number of nitrogens with zero attached hydrogens (tertiary/aromatic N) is 3. The van der Waals surface area contributed by atoms with E-state index >= 15 is 0 Å². The number of amides is 1. The Morgan fingerprint density at radius 1 is 1.47 bits per heavy atom. The Hall–Kier alpha value is -1.17. The monoisotopic (exact) mass is 301 g/mol. The van der Waals surface area contributed by atoms with Crippen LogP contribution in [0.25, 0.3) is 0 Å². The largest absolute Gasteiger partial charge is 0.348 e. The lowest BCUT2D eigenvalue weighted by Gasteiger charge is -2.17. The normalized spacial score (nSPS) is 10.4. The molecule has 17 heavy (non-hydrogen) atoms. The van der Waals surface area contributed by atoms with Gasteiger partial charge in [0.05, 0.1) is 10.2 Å². The summed E-state index contributed by atoms with van der Waals surface area (Å²) >= 11 is 3.36. The first-order chi connectivity index (χ1) is 7.88. The molecule has 0 N–H and O–H groups in total. The van der Waals surface area contributed by atoms with Gasteiger partial charge in [-0.2, -0.15) is 4.98 Å². The zero-order chi connectivity index (χ0) is 13.2. The standard InChI is InChI=1S/C11H16BrN3O2/c1-5-14(4)9(16)6-15-8(3)10(12)7(2)13-11(15)17/h5-6H2,1-4H3. The summed E-state index contributed by atoms with van der Waals surface area (Å²) < 4.78 is 2.15. The lowest BCUT2D eigenvalue weighted by molar-refractivity contribution is -0.130. The molecule has 1 rings (SSSR count). The van der Waals surface area contributed by atoms with Gasteiger partial charge in [-0.05, 0) is 36.7 Å². The Morgan fingerprint density at radius 2 is 2.06 bits per heavy atom. The van der Waals surface area contributed by atoms with Crippen LogP contribution in [0.1, 0.15) is 18.3 Å². The summed E-state index contributed by atoms with van der Waals surface area (Å²) in [5, 5.41) is 0. The van der Waals surface area contributed by atoms with Crippen molar-refractivity contribution in [3.05, 3.63) is 26.3 Å². The van der Waals surface area contributed by atoms with Crippen molar-refractivity contribution in [3.8, 4) is 0 Å². The van der Waals surface area contributed by atoms with Gasteiger partial charge >= 0.3 is 5.69 Å². The first-order valence-corrected chi connectivity index (χ1v) is 6.15. The van der Waals surface area contributed by atoms with Crippen molar-refractivity contribution in [3.63, 3.8) is 0 Å². The molecule has 0 spiro atoms. The number of halogens is 1. The molecule has 0 radical (unpaired) electrons. The fraction of sp³-hybridized carbons (Fsp3) is 0.545. The second-order valence-electron chi connectivity index (χ2n) is 3.87. The topological polar surface area (TPSA) is 55.2 Å². The van der Waals surface area contributed by atoms with Gasteiger partial charge in [0.1, 0.15) is 6.54 Å². The smallest absolute Gasteiger partial charge is 0.344 e. The zero-order valence-corrected chi connectivity index (χ0v) is 12.0. The number of hydrogen-bond acceptors (Lipinski definition) is 3. The van der Waals surface area contributed by atoms with Crippen LogP contribution in [0.15, 0.2) is 9.27 Å². The number of carbonyl (C=O) groups excluding carboxylic acids is 1. The number of hydrogen-bond donors (Lipinski definition) is 0. The van der Waals surface area contributed by atoms with Crippen LogP contribution in [-0.4, -0.2) is 34.0 Å². The van der Waals surface area contributed by atoms with Gasteiger partial charge in [-0.25, -0.2) is 4.79 Å². The van der Waals surface area contributed by atoms with Crippen molar-refractivity contribution in [1.29, 1.82) is 0 Å². The summed E-state index contributed by atoms with van der Waals surface area (Å²) in [4.78, 5) is 28.9. The molecule has 1 amide bonds.